The number of anilines is 1. The largest absolute Gasteiger partial charge is 0.497 e. The van der Waals surface area contributed by atoms with Gasteiger partial charge in [-0.15, -0.1) is 0 Å². The summed E-state index contributed by atoms with van der Waals surface area (Å²) < 4.78 is 10.8. The van der Waals surface area contributed by atoms with E-state index in [2.05, 4.69) is 5.32 Å². The van der Waals surface area contributed by atoms with Gasteiger partial charge in [0.2, 0.25) is 5.91 Å². The summed E-state index contributed by atoms with van der Waals surface area (Å²) >= 11 is 0. The highest BCUT2D eigenvalue weighted by Gasteiger charge is 2.06. The number of nitrogens with one attached hydrogen (secondary N) is 1. The second-order valence-electron chi connectivity index (χ2n) is 5.08. The SMILES string of the molecule is COc1cccc(NC(=O)CCOc2cccc(C)c2C)c1. The van der Waals surface area contributed by atoms with E-state index in [4.69, 9.17) is 9.47 Å². The van der Waals surface area contributed by atoms with Crippen LogP contribution >= 0.6 is 0 Å². The topological polar surface area (TPSA) is 47.6 Å². The molecule has 0 spiro atoms. The average Bonchev–Trinajstić information content (AvgIpc) is 2.51. The Morgan fingerprint density at radius 2 is 1.91 bits per heavy atom. The summed E-state index contributed by atoms with van der Waals surface area (Å²) in [7, 11) is 1.60. The molecule has 0 saturated heterocycles. The Balaban J connectivity index is 1.84. The second kappa shape index (κ2) is 7.50. The van der Waals surface area contributed by atoms with Gasteiger partial charge < -0.3 is 14.8 Å². The Hall–Kier alpha value is -2.49. The number of aryl methyl sites for hydroxylation is 1. The van der Waals surface area contributed by atoms with Crippen molar-refractivity contribution in [3.05, 3.63) is 53.6 Å². The van der Waals surface area contributed by atoms with Gasteiger partial charge in [-0.1, -0.05) is 18.2 Å². The third-order valence-electron chi connectivity index (χ3n) is 3.50. The lowest BCUT2D eigenvalue weighted by Crippen LogP contribution is -2.15. The van der Waals surface area contributed by atoms with Crippen LogP contribution in [0.4, 0.5) is 5.69 Å². The lowest BCUT2D eigenvalue weighted by molar-refractivity contribution is -0.116. The molecular formula is C18H21NO3. The first kappa shape index (κ1) is 15.9. The van der Waals surface area contributed by atoms with Gasteiger partial charge in [-0.25, -0.2) is 0 Å². The summed E-state index contributed by atoms with van der Waals surface area (Å²) in [5, 5.41) is 2.83. The lowest BCUT2D eigenvalue weighted by Gasteiger charge is -2.11. The number of hydrogen-bond acceptors (Lipinski definition) is 3. The van der Waals surface area contributed by atoms with E-state index in [1.807, 2.05) is 50.2 Å². The number of carbonyl (C=O) groups is 1. The van der Waals surface area contributed by atoms with Crippen molar-refractivity contribution in [3.63, 3.8) is 0 Å². The standard InChI is InChI=1S/C18H21NO3/c1-13-6-4-9-17(14(13)2)22-11-10-18(20)19-15-7-5-8-16(12-15)21-3/h4-9,12H,10-11H2,1-3H3,(H,19,20). The summed E-state index contributed by atoms with van der Waals surface area (Å²) in [6, 6.07) is 13.2. The fourth-order valence-electron chi connectivity index (χ4n) is 2.06. The molecule has 116 valence electrons. The first-order chi connectivity index (χ1) is 10.6. The highest BCUT2D eigenvalue weighted by Crippen LogP contribution is 2.21. The Morgan fingerprint density at radius 3 is 2.68 bits per heavy atom. The number of ether oxygens (including phenoxy) is 2. The molecule has 0 radical (unpaired) electrons. The molecule has 1 N–H and O–H groups in total. The zero-order valence-corrected chi connectivity index (χ0v) is 13.2. The predicted octanol–water partition coefficient (Wildman–Crippen LogP) is 3.72. The normalized spacial score (nSPS) is 10.1. The monoisotopic (exact) mass is 299 g/mol. The molecule has 0 unspecified atom stereocenters. The Labute approximate surface area is 131 Å². The van der Waals surface area contributed by atoms with Crippen LogP contribution in [-0.4, -0.2) is 19.6 Å². The summed E-state index contributed by atoms with van der Waals surface area (Å²) in [5.74, 6) is 1.46. The van der Waals surface area contributed by atoms with Crippen molar-refractivity contribution in [1.29, 1.82) is 0 Å². The van der Waals surface area contributed by atoms with Gasteiger partial charge in [-0.2, -0.15) is 0 Å². The molecule has 0 aromatic heterocycles. The first-order valence-corrected chi connectivity index (χ1v) is 7.23. The number of hydrogen-bond donors (Lipinski definition) is 1. The van der Waals surface area contributed by atoms with Crippen molar-refractivity contribution >= 4 is 11.6 Å². The average molecular weight is 299 g/mol. The summed E-state index contributed by atoms with van der Waals surface area (Å²) in [5.41, 5.74) is 3.00. The van der Waals surface area contributed by atoms with Gasteiger partial charge in [0.05, 0.1) is 20.1 Å². The van der Waals surface area contributed by atoms with Crippen molar-refractivity contribution in [2.24, 2.45) is 0 Å². The number of amides is 1. The minimum atomic E-state index is -0.0847. The fraction of sp³-hybridized carbons (Fsp3) is 0.278. The van der Waals surface area contributed by atoms with Gasteiger partial charge >= 0.3 is 0 Å². The molecule has 4 heteroatoms. The molecule has 2 aromatic carbocycles. The molecule has 1 amide bonds. The quantitative estimate of drug-likeness (QED) is 0.884. The molecule has 4 nitrogen and oxygen atoms in total. The van der Waals surface area contributed by atoms with E-state index < -0.39 is 0 Å². The molecule has 0 aliphatic rings. The molecule has 0 aliphatic heterocycles. The maximum absolute atomic E-state index is 11.9. The van der Waals surface area contributed by atoms with E-state index in [-0.39, 0.29) is 5.91 Å². The van der Waals surface area contributed by atoms with Crippen LogP contribution in [0.15, 0.2) is 42.5 Å². The van der Waals surface area contributed by atoms with Crippen molar-refractivity contribution < 1.29 is 14.3 Å². The van der Waals surface area contributed by atoms with E-state index in [0.29, 0.717) is 18.8 Å². The van der Waals surface area contributed by atoms with E-state index in [1.54, 1.807) is 13.2 Å². The minimum Gasteiger partial charge on any atom is -0.497 e. The molecule has 0 fully saturated rings. The van der Waals surface area contributed by atoms with Crippen LogP contribution in [0.5, 0.6) is 11.5 Å². The van der Waals surface area contributed by atoms with E-state index >= 15 is 0 Å². The van der Waals surface area contributed by atoms with Crippen LogP contribution in [0, 0.1) is 13.8 Å². The molecular weight excluding hydrogens is 278 g/mol. The molecule has 22 heavy (non-hydrogen) atoms. The summed E-state index contributed by atoms with van der Waals surface area (Å²) in [4.78, 5) is 11.9. The smallest absolute Gasteiger partial charge is 0.227 e. The van der Waals surface area contributed by atoms with Gasteiger partial charge in [-0.05, 0) is 43.2 Å². The second-order valence-corrected chi connectivity index (χ2v) is 5.08. The van der Waals surface area contributed by atoms with Crippen molar-refractivity contribution in [2.45, 2.75) is 20.3 Å². The molecule has 0 heterocycles. The van der Waals surface area contributed by atoms with Gasteiger partial charge in [0.25, 0.3) is 0 Å². The number of carbonyl (C=O) groups excluding carboxylic acids is 1. The van der Waals surface area contributed by atoms with E-state index in [1.165, 1.54) is 5.56 Å². The highest BCUT2D eigenvalue weighted by molar-refractivity contribution is 5.90. The first-order valence-electron chi connectivity index (χ1n) is 7.23. The van der Waals surface area contributed by atoms with Crippen LogP contribution in [0.3, 0.4) is 0 Å². The lowest BCUT2D eigenvalue weighted by atomic mass is 10.1. The van der Waals surface area contributed by atoms with Crippen molar-refractivity contribution in [1.82, 2.24) is 0 Å². The molecule has 0 aliphatic carbocycles. The Morgan fingerprint density at radius 1 is 1.14 bits per heavy atom. The van der Waals surface area contributed by atoms with Crippen LogP contribution < -0.4 is 14.8 Å². The van der Waals surface area contributed by atoms with Crippen molar-refractivity contribution in [2.75, 3.05) is 19.0 Å². The maximum atomic E-state index is 11.9. The summed E-state index contributed by atoms with van der Waals surface area (Å²) in [6.07, 6.45) is 0.296. The van der Waals surface area contributed by atoms with E-state index in [9.17, 15) is 4.79 Å². The molecule has 0 atom stereocenters. The fourth-order valence-corrected chi connectivity index (χ4v) is 2.06. The predicted molar refractivity (Wildman–Crippen MR) is 87.7 cm³/mol. The number of benzene rings is 2. The zero-order valence-electron chi connectivity index (χ0n) is 13.2. The molecule has 0 saturated carbocycles. The van der Waals surface area contributed by atoms with E-state index in [0.717, 1.165) is 17.0 Å². The number of rotatable bonds is 6. The molecule has 0 bridgehead atoms. The van der Waals surface area contributed by atoms with Crippen LogP contribution in [0.25, 0.3) is 0 Å². The van der Waals surface area contributed by atoms with Gasteiger partial charge in [0.1, 0.15) is 11.5 Å². The summed E-state index contributed by atoms with van der Waals surface area (Å²) in [6.45, 7) is 4.40. The number of methoxy groups -OCH3 is 1. The molecule has 2 rings (SSSR count). The maximum Gasteiger partial charge on any atom is 0.227 e. The Kier molecular flexibility index (Phi) is 5.42. The van der Waals surface area contributed by atoms with Gasteiger partial charge in [-0.3, -0.25) is 4.79 Å². The third kappa shape index (κ3) is 4.25. The third-order valence-corrected chi connectivity index (χ3v) is 3.50. The van der Waals surface area contributed by atoms with Gasteiger partial charge in [0.15, 0.2) is 0 Å². The van der Waals surface area contributed by atoms with Crippen LogP contribution in [-0.2, 0) is 4.79 Å². The Bertz CT molecular complexity index is 653. The highest BCUT2D eigenvalue weighted by atomic mass is 16.5. The zero-order chi connectivity index (χ0) is 15.9. The molecule has 2 aromatic rings. The van der Waals surface area contributed by atoms with Crippen molar-refractivity contribution in [3.8, 4) is 11.5 Å². The minimum absolute atomic E-state index is 0.0847. The van der Waals surface area contributed by atoms with Crippen LogP contribution in [0.1, 0.15) is 17.5 Å². The van der Waals surface area contributed by atoms with Gasteiger partial charge in [0, 0.05) is 11.8 Å². The van der Waals surface area contributed by atoms with Crippen LogP contribution in [0.2, 0.25) is 0 Å².